The zero-order chi connectivity index (χ0) is 14.9. The van der Waals surface area contributed by atoms with Gasteiger partial charge in [0.2, 0.25) is 0 Å². The van der Waals surface area contributed by atoms with Crippen LogP contribution in [0.15, 0.2) is 6.07 Å². The Morgan fingerprint density at radius 2 is 2.15 bits per heavy atom. The number of rotatable bonds is 5. The average Bonchev–Trinajstić information content (AvgIpc) is 2.89. The van der Waals surface area contributed by atoms with Crippen molar-refractivity contribution in [1.29, 1.82) is 0 Å². The number of nitrogens with two attached hydrogens (primary N) is 1. The van der Waals surface area contributed by atoms with Gasteiger partial charge in [0.1, 0.15) is 0 Å². The molecule has 20 heavy (non-hydrogen) atoms. The Balaban J connectivity index is 2.31. The van der Waals surface area contributed by atoms with Crippen LogP contribution in [0.5, 0.6) is 0 Å². The van der Waals surface area contributed by atoms with E-state index in [0.717, 1.165) is 29.4 Å². The van der Waals surface area contributed by atoms with Gasteiger partial charge >= 0.3 is 0 Å². The molecule has 0 aliphatic rings. The normalized spacial score (nSPS) is 12.9. The van der Waals surface area contributed by atoms with E-state index in [1.54, 1.807) is 11.3 Å². The molecule has 2 aromatic heterocycles. The minimum Gasteiger partial charge on any atom is -0.271 e. The Morgan fingerprint density at radius 1 is 1.45 bits per heavy atom. The lowest BCUT2D eigenvalue weighted by Crippen LogP contribution is -2.29. The van der Waals surface area contributed by atoms with Crippen LogP contribution in [0.1, 0.15) is 39.7 Å². The van der Waals surface area contributed by atoms with Gasteiger partial charge in [0.15, 0.2) is 0 Å². The molecule has 0 fully saturated rings. The Kier molecular flexibility index (Phi) is 4.86. The van der Waals surface area contributed by atoms with E-state index in [1.807, 2.05) is 11.6 Å². The van der Waals surface area contributed by atoms with Crippen molar-refractivity contribution in [2.45, 2.75) is 46.7 Å². The molecule has 0 spiro atoms. The summed E-state index contributed by atoms with van der Waals surface area (Å²) in [4.78, 5) is 2.56. The van der Waals surface area contributed by atoms with E-state index >= 15 is 0 Å². The fraction of sp³-hybridized carbons (Fsp3) is 0.500. The highest BCUT2D eigenvalue weighted by atomic mass is 35.5. The standard InChI is InChI=1S/C14H21ClN4S/c1-5-19-12(14(15)9(3)18-19)7-11(17-16)13-6-8(2)10(4)20-13/h6,11,17H,5,7,16H2,1-4H3. The second kappa shape index (κ2) is 6.26. The van der Waals surface area contributed by atoms with Crippen LogP contribution in [-0.2, 0) is 13.0 Å². The molecule has 1 atom stereocenters. The maximum absolute atomic E-state index is 6.37. The zero-order valence-corrected chi connectivity index (χ0v) is 13.9. The van der Waals surface area contributed by atoms with Crippen LogP contribution < -0.4 is 11.3 Å². The summed E-state index contributed by atoms with van der Waals surface area (Å²) in [6.45, 7) is 9.06. The molecule has 0 aromatic carbocycles. The maximum Gasteiger partial charge on any atom is 0.0847 e. The molecule has 0 radical (unpaired) electrons. The summed E-state index contributed by atoms with van der Waals surface area (Å²) in [5.41, 5.74) is 6.12. The molecule has 110 valence electrons. The van der Waals surface area contributed by atoms with Crippen LogP contribution >= 0.6 is 22.9 Å². The molecule has 0 saturated heterocycles. The van der Waals surface area contributed by atoms with Crippen molar-refractivity contribution in [1.82, 2.24) is 15.2 Å². The summed E-state index contributed by atoms with van der Waals surface area (Å²) >= 11 is 8.15. The Bertz CT molecular complexity index is 583. The van der Waals surface area contributed by atoms with Crippen molar-refractivity contribution in [2.24, 2.45) is 5.84 Å². The highest BCUT2D eigenvalue weighted by molar-refractivity contribution is 7.12. The van der Waals surface area contributed by atoms with Gasteiger partial charge in [0.25, 0.3) is 0 Å². The predicted octanol–water partition coefficient (Wildman–Crippen LogP) is 3.29. The van der Waals surface area contributed by atoms with Crippen molar-refractivity contribution in [3.63, 3.8) is 0 Å². The van der Waals surface area contributed by atoms with E-state index in [1.165, 1.54) is 15.3 Å². The van der Waals surface area contributed by atoms with Crippen LogP contribution in [-0.4, -0.2) is 9.78 Å². The van der Waals surface area contributed by atoms with Crippen LogP contribution in [0, 0.1) is 20.8 Å². The highest BCUT2D eigenvalue weighted by Crippen LogP contribution is 2.30. The first kappa shape index (κ1) is 15.5. The van der Waals surface area contributed by atoms with E-state index in [0.29, 0.717) is 0 Å². The first-order chi connectivity index (χ1) is 9.47. The number of nitrogens with zero attached hydrogens (tertiary/aromatic N) is 2. The topological polar surface area (TPSA) is 55.9 Å². The minimum atomic E-state index is 0.0614. The molecule has 4 nitrogen and oxygen atoms in total. The molecule has 2 aromatic rings. The molecule has 3 N–H and O–H groups in total. The minimum absolute atomic E-state index is 0.0614. The number of thiophene rings is 1. The average molecular weight is 313 g/mol. The monoisotopic (exact) mass is 312 g/mol. The fourth-order valence-electron chi connectivity index (χ4n) is 2.27. The third kappa shape index (κ3) is 2.91. The van der Waals surface area contributed by atoms with Crippen molar-refractivity contribution in [3.05, 3.63) is 37.8 Å². The summed E-state index contributed by atoms with van der Waals surface area (Å²) < 4.78 is 1.95. The highest BCUT2D eigenvalue weighted by Gasteiger charge is 2.20. The van der Waals surface area contributed by atoms with Gasteiger partial charge in [-0.1, -0.05) is 11.6 Å². The quantitative estimate of drug-likeness (QED) is 0.658. The van der Waals surface area contributed by atoms with E-state index in [4.69, 9.17) is 17.4 Å². The van der Waals surface area contributed by atoms with Crippen LogP contribution in [0.2, 0.25) is 5.02 Å². The van der Waals surface area contributed by atoms with Gasteiger partial charge < -0.3 is 0 Å². The van der Waals surface area contributed by atoms with Gasteiger partial charge in [-0.2, -0.15) is 5.10 Å². The van der Waals surface area contributed by atoms with Gasteiger partial charge in [-0.05, 0) is 39.3 Å². The summed E-state index contributed by atoms with van der Waals surface area (Å²) in [5.74, 6) is 5.74. The summed E-state index contributed by atoms with van der Waals surface area (Å²) in [6, 6.07) is 2.25. The first-order valence-electron chi connectivity index (χ1n) is 6.72. The smallest absolute Gasteiger partial charge is 0.0847 e. The zero-order valence-electron chi connectivity index (χ0n) is 12.3. The van der Waals surface area contributed by atoms with Gasteiger partial charge in [-0.15, -0.1) is 11.3 Å². The number of nitrogens with one attached hydrogen (secondary N) is 1. The number of hydrogen-bond acceptors (Lipinski definition) is 4. The van der Waals surface area contributed by atoms with Gasteiger partial charge in [-0.25, -0.2) is 0 Å². The lowest BCUT2D eigenvalue weighted by Gasteiger charge is -2.15. The lowest BCUT2D eigenvalue weighted by atomic mass is 10.1. The van der Waals surface area contributed by atoms with Crippen molar-refractivity contribution < 1.29 is 0 Å². The largest absolute Gasteiger partial charge is 0.271 e. The Labute approximate surface area is 128 Å². The predicted molar refractivity (Wildman–Crippen MR) is 85.2 cm³/mol. The molecule has 2 rings (SSSR count). The molecule has 0 aliphatic heterocycles. The van der Waals surface area contributed by atoms with E-state index < -0.39 is 0 Å². The molecular formula is C14H21ClN4S. The number of halogens is 1. The second-order valence-electron chi connectivity index (χ2n) is 4.97. The molecule has 0 aliphatic carbocycles. The van der Waals surface area contributed by atoms with Crippen LogP contribution in [0.25, 0.3) is 0 Å². The molecule has 0 saturated carbocycles. The fourth-order valence-corrected chi connectivity index (χ4v) is 3.59. The SMILES string of the molecule is CCn1nc(C)c(Cl)c1CC(NN)c1cc(C)c(C)s1. The lowest BCUT2D eigenvalue weighted by molar-refractivity contribution is 0.523. The Hall–Kier alpha value is -0.880. The van der Waals surface area contributed by atoms with Crippen LogP contribution in [0.3, 0.4) is 0 Å². The number of hydrogen-bond donors (Lipinski definition) is 2. The van der Waals surface area contributed by atoms with Gasteiger partial charge in [-0.3, -0.25) is 16.0 Å². The van der Waals surface area contributed by atoms with E-state index in [-0.39, 0.29) is 6.04 Å². The van der Waals surface area contributed by atoms with Crippen molar-refractivity contribution in [2.75, 3.05) is 0 Å². The molecule has 0 amide bonds. The molecular weight excluding hydrogens is 292 g/mol. The van der Waals surface area contributed by atoms with Crippen molar-refractivity contribution >= 4 is 22.9 Å². The molecule has 0 bridgehead atoms. The summed E-state index contributed by atoms with van der Waals surface area (Å²) in [7, 11) is 0. The second-order valence-corrected chi connectivity index (χ2v) is 6.64. The third-order valence-electron chi connectivity index (χ3n) is 3.58. The maximum atomic E-state index is 6.37. The third-order valence-corrected chi connectivity index (χ3v) is 5.34. The first-order valence-corrected chi connectivity index (χ1v) is 7.92. The molecule has 2 heterocycles. The molecule has 1 unspecified atom stereocenters. The number of aromatic nitrogens is 2. The van der Waals surface area contributed by atoms with Gasteiger partial charge in [0, 0.05) is 22.7 Å². The van der Waals surface area contributed by atoms with E-state index in [2.05, 4.69) is 37.4 Å². The van der Waals surface area contributed by atoms with E-state index in [9.17, 15) is 0 Å². The summed E-state index contributed by atoms with van der Waals surface area (Å²) in [6.07, 6.45) is 0.739. The number of hydrazine groups is 1. The number of aryl methyl sites for hydroxylation is 4. The Morgan fingerprint density at radius 3 is 2.65 bits per heavy atom. The van der Waals surface area contributed by atoms with Gasteiger partial charge in [0.05, 0.1) is 22.5 Å². The van der Waals surface area contributed by atoms with Crippen molar-refractivity contribution in [3.8, 4) is 0 Å². The molecule has 6 heteroatoms. The van der Waals surface area contributed by atoms with Crippen LogP contribution in [0.4, 0.5) is 0 Å². The summed E-state index contributed by atoms with van der Waals surface area (Å²) in [5, 5.41) is 5.20.